The number of thiocarbonyl (C=S) groups is 1. The van der Waals surface area contributed by atoms with Crippen LogP contribution in [0.2, 0.25) is 10.0 Å². The van der Waals surface area contributed by atoms with Crippen molar-refractivity contribution >= 4 is 40.3 Å². The van der Waals surface area contributed by atoms with Gasteiger partial charge < -0.3 is 4.52 Å². The maximum atomic E-state index is 6.37. The molecule has 0 unspecified atom stereocenters. The Morgan fingerprint density at radius 1 is 1.33 bits per heavy atom. The zero-order chi connectivity index (χ0) is 15.0. The van der Waals surface area contributed by atoms with Crippen molar-refractivity contribution in [1.82, 2.24) is 5.16 Å². The maximum Gasteiger partial charge on any atom is 0.148 e. The quantitative estimate of drug-likeness (QED) is 0.525. The molecule has 1 aliphatic rings. The van der Waals surface area contributed by atoms with E-state index < -0.39 is 0 Å². The highest BCUT2D eigenvalue weighted by Gasteiger charge is 2.32. The highest BCUT2D eigenvalue weighted by molar-refractivity contribution is 7.81. The Morgan fingerprint density at radius 2 is 2.10 bits per heavy atom. The summed E-state index contributed by atoms with van der Waals surface area (Å²) in [4.78, 5) is 0.750. The summed E-state index contributed by atoms with van der Waals surface area (Å²) in [5, 5.41) is 5.09. The van der Waals surface area contributed by atoms with Gasteiger partial charge >= 0.3 is 0 Å². The molecule has 0 radical (unpaired) electrons. The minimum Gasteiger partial charge on any atom is -0.360 e. The topological polar surface area (TPSA) is 26.0 Å². The number of hydrogen-bond acceptors (Lipinski definition) is 3. The van der Waals surface area contributed by atoms with Gasteiger partial charge in [-0.05, 0) is 36.5 Å². The highest BCUT2D eigenvalue weighted by atomic mass is 35.5. The second kappa shape index (κ2) is 6.07. The lowest BCUT2D eigenvalue weighted by Gasteiger charge is -2.13. The van der Waals surface area contributed by atoms with Crippen molar-refractivity contribution in [2.75, 3.05) is 0 Å². The summed E-state index contributed by atoms with van der Waals surface area (Å²) in [6, 6.07) is 3.75. The molecule has 1 saturated carbocycles. The van der Waals surface area contributed by atoms with Gasteiger partial charge in [-0.15, -0.1) is 0 Å². The lowest BCUT2D eigenvalue weighted by Crippen LogP contribution is -2.06. The van der Waals surface area contributed by atoms with Crippen molar-refractivity contribution in [2.45, 2.75) is 38.5 Å². The van der Waals surface area contributed by atoms with Gasteiger partial charge in [0, 0.05) is 5.92 Å². The van der Waals surface area contributed by atoms with Crippen molar-refractivity contribution in [3.05, 3.63) is 50.8 Å². The number of halogens is 2. The van der Waals surface area contributed by atoms with Gasteiger partial charge in [0.05, 0.1) is 26.7 Å². The first-order valence-corrected chi connectivity index (χ1v) is 8.26. The van der Waals surface area contributed by atoms with Crippen molar-refractivity contribution in [3.8, 4) is 0 Å². The summed E-state index contributed by atoms with van der Waals surface area (Å²) in [5.74, 6) is 1.38. The molecule has 110 valence electrons. The fourth-order valence-electron chi connectivity index (χ4n) is 2.50. The van der Waals surface area contributed by atoms with E-state index in [4.69, 9.17) is 39.9 Å². The molecule has 1 aliphatic carbocycles. The van der Waals surface area contributed by atoms with Gasteiger partial charge in [-0.1, -0.05) is 60.0 Å². The Hall–Kier alpha value is -0.900. The minimum absolute atomic E-state index is 0.470. The third-order valence-electron chi connectivity index (χ3n) is 3.73. The molecular formula is C16H15Cl2NOS. The molecule has 0 amide bonds. The van der Waals surface area contributed by atoms with E-state index >= 15 is 0 Å². The third kappa shape index (κ3) is 2.87. The van der Waals surface area contributed by atoms with Gasteiger partial charge in [0.25, 0.3) is 0 Å². The van der Waals surface area contributed by atoms with E-state index in [9.17, 15) is 0 Å². The summed E-state index contributed by atoms with van der Waals surface area (Å²) in [5.41, 5.74) is 2.90. The standard InChI is InChI=1S/C16H15Cl2NOS/c1-2-3-10-11(6-7-13(17)14(10)18)16(21)12-8-19-20-15(12)9-4-5-9/h6-9H,2-5H2,1H3. The van der Waals surface area contributed by atoms with E-state index in [2.05, 4.69) is 12.1 Å². The highest BCUT2D eigenvalue weighted by Crippen LogP contribution is 2.42. The van der Waals surface area contributed by atoms with Crippen LogP contribution >= 0.6 is 35.4 Å². The molecule has 2 nitrogen and oxygen atoms in total. The fourth-order valence-corrected chi connectivity index (χ4v) is 3.28. The van der Waals surface area contributed by atoms with Gasteiger partial charge in [-0.3, -0.25) is 0 Å². The molecule has 1 aromatic heterocycles. The molecular weight excluding hydrogens is 325 g/mol. The monoisotopic (exact) mass is 339 g/mol. The molecule has 0 aliphatic heterocycles. The molecule has 1 aromatic carbocycles. The predicted molar refractivity (Wildman–Crippen MR) is 89.7 cm³/mol. The van der Waals surface area contributed by atoms with Crippen LogP contribution in [-0.2, 0) is 6.42 Å². The average Bonchev–Trinajstić information content (AvgIpc) is 3.21. The van der Waals surface area contributed by atoms with E-state index in [-0.39, 0.29) is 0 Å². The molecule has 1 heterocycles. The average molecular weight is 340 g/mol. The van der Waals surface area contributed by atoms with Gasteiger partial charge in [-0.2, -0.15) is 0 Å². The third-order valence-corrected chi connectivity index (χ3v) is 5.02. The zero-order valence-corrected chi connectivity index (χ0v) is 14.0. The number of nitrogens with zero attached hydrogens (tertiary/aromatic N) is 1. The van der Waals surface area contributed by atoms with Gasteiger partial charge in [0.2, 0.25) is 0 Å². The van der Waals surface area contributed by atoms with Crippen LogP contribution < -0.4 is 0 Å². The molecule has 1 fully saturated rings. The molecule has 0 saturated heterocycles. The van der Waals surface area contributed by atoms with Crippen LogP contribution in [-0.4, -0.2) is 10.0 Å². The maximum absolute atomic E-state index is 6.37. The first-order chi connectivity index (χ1) is 10.1. The molecule has 0 bridgehead atoms. The largest absolute Gasteiger partial charge is 0.360 e. The molecule has 2 aromatic rings. The SMILES string of the molecule is CCCc1c(C(=S)c2cnoc2C2CC2)ccc(Cl)c1Cl. The van der Waals surface area contributed by atoms with E-state index in [0.29, 0.717) is 16.0 Å². The van der Waals surface area contributed by atoms with Crippen LogP contribution in [0.4, 0.5) is 0 Å². The summed E-state index contributed by atoms with van der Waals surface area (Å²) in [6.07, 6.45) is 5.84. The molecule has 0 N–H and O–H groups in total. The Morgan fingerprint density at radius 3 is 2.76 bits per heavy atom. The lowest BCUT2D eigenvalue weighted by atomic mass is 9.96. The normalized spacial score (nSPS) is 14.4. The Balaban J connectivity index is 2.05. The van der Waals surface area contributed by atoms with E-state index in [1.807, 2.05) is 6.07 Å². The predicted octanol–water partition coefficient (Wildman–Crippen LogP) is 5.58. The van der Waals surface area contributed by atoms with Crippen LogP contribution in [0.25, 0.3) is 0 Å². The number of rotatable bonds is 5. The molecule has 0 atom stereocenters. The second-order valence-corrected chi connectivity index (χ2v) is 6.54. The van der Waals surface area contributed by atoms with Crippen molar-refractivity contribution in [2.24, 2.45) is 0 Å². The van der Waals surface area contributed by atoms with Crippen molar-refractivity contribution in [1.29, 1.82) is 0 Å². The molecule has 0 spiro atoms. The summed E-state index contributed by atoms with van der Waals surface area (Å²) in [6.45, 7) is 2.11. The molecule has 21 heavy (non-hydrogen) atoms. The smallest absolute Gasteiger partial charge is 0.148 e. The number of aromatic nitrogens is 1. The second-order valence-electron chi connectivity index (χ2n) is 5.34. The first-order valence-electron chi connectivity index (χ1n) is 7.09. The van der Waals surface area contributed by atoms with Gasteiger partial charge in [0.1, 0.15) is 5.76 Å². The van der Waals surface area contributed by atoms with Crippen LogP contribution in [0.15, 0.2) is 22.9 Å². The van der Waals surface area contributed by atoms with E-state index in [0.717, 1.165) is 53.0 Å². The van der Waals surface area contributed by atoms with Crippen LogP contribution in [0, 0.1) is 0 Å². The Labute approximate surface area is 139 Å². The number of benzene rings is 1. The summed E-state index contributed by atoms with van der Waals surface area (Å²) in [7, 11) is 0. The van der Waals surface area contributed by atoms with Crippen molar-refractivity contribution in [3.63, 3.8) is 0 Å². The van der Waals surface area contributed by atoms with E-state index in [1.165, 1.54) is 0 Å². The molecule has 3 rings (SSSR count). The lowest BCUT2D eigenvalue weighted by molar-refractivity contribution is 0.384. The Bertz CT molecular complexity index is 692. The van der Waals surface area contributed by atoms with Crippen LogP contribution in [0.1, 0.15) is 54.6 Å². The number of hydrogen-bond donors (Lipinski definition) is 0. The zero-order valence-electron chi connectivity index (χ0n) is 11.7. The Kier molecular flexibility index (Phi) is 4.34. The fraction of sp³-hybridized carbons (Fsp3) is 0.375. The van der Waals surface area contributed by atoms with Gasteiger partial charge in [0.15, 0.2) is 0 Å². The van der Waals surface area contributed by atoms with Crippen LogP contribution in [0.5, 0.6) is 0 Å². The first kappa shape index (κ1) is 15.0. The summed E-state index contributed by atoms with van der Waals surface area (Å²) < 4.78 is 5.39. The minimum atomic E-state index is 0.470. The molecule has 5 heteroatoms. The van der Waals surface area contributed by atoms with Crippen molar-refractivity contribution < 1.29 is 4.52 Å². The van der Waals surface area contributed by atoms with Crippen LogP contribution in [0.3, 0.4) is 0 Å². The van der Waals surface area contributed by atoms with Gasteiger partial charge in [-0.25, -0.2) is 0 Å². The summed E-state index contributed by atoms with van der Waals surface area (Å²) >= 11 is 18.2. The van der Waals surface area contributed by atoms with E-state index in [1.54, 1.807) is 12.3 Å².